The maximum absolute atomic E-state index is 13.3. The number of nitrogens with zero attached hydrogens (tertiary/aromatic N) is 3. The standard InChI is InChI=1S/C39H41ClN6O7/c1-39(2)23-45(38(51)34(39)53-27-13-10-25(21-41)29(40)20-27)22-24-8-11-26(12-9-24)42-16-3-4-18-52-19-17-43-30-7-5-6-28-33(30)37(50)46(36(28)49)31-14-15-32(47)44-35(31)48/h5-13,20,31,34,42-43H,3-4,14-19,22-23H2,1-2H3,(H,44,47,48). The fourth-order valence-corrected chi connectivity index (χ4v) is 7.04. The smallest absolute Gasteiger partial charge is 0.264 e. The first-order valence-electron chi connectivity index (χ1n) is 17.6. The van der Waals surface area contributed by atoms with Gasteiger partial charge in [0.1, 0.15) is 17.9 Å². The van der Waals surface area contributed by atoms with Gasteiger partial charge in [-0.05, 0) is 61.2 Å². The van der Waals surface area contributed by atoms with Crippen molar-refractivity contribution in [2.45, 2.75) is 58.2 Å². The van der Waals surface area contributed by atoms with Crippen molar-refractivity contribution in [2.24, 2.45) is 5.41 Å². The van der Waals surface area contributed by atoms with Crippen LogP contribution in [0.1, 0.15) is 71.4 Å². The van der Waals surface area contributed by atoms with Crippen molar-refractivity contribution in [3.8, 4) is 11.8 Å². The lowest BCUT2D eigenvalue weighted by molar-refractivity contribution is -0.136. The van der Waals surface area contributed by atoms with Crippen LogP contribution in [0.4, 0.5) is 11.4 Å². The first-order valence-corrected chi connectivity index (χ1v) is 18.0. The number of carbonyl (C=O) groups is 5. The summed E-state index contributed by atoms with van der Waals surface area (Å²) in [6, 6.07) is 18.8. The molecule has 3 aromatic carbocycles. The summed E-state index contributed by atoms with van der Waals surface area (Å²) in [5.74, 6) is -1.79. The number of hydrogen-bond acceptors (Lipinski definition) is 10. The molecule has 2 fully saturated rings. The van der Waals surface area contributed by atoms with Crippen molar-refractivity contribution in [2.75, 3.05) is 43.5 Å². The van der Waals surface area contributed by atoms with E-state index in [0.717, 1.165) is 35.5 Å². The first-order chi connectivity index (χ1) is 25.5. The summed E-state index contributed by atoms with van der Waals surface area (Å²) < 4.78 is 11.9. The van der Waals surface area contributed by atoms with Crippen LogP contribution in [0.5, 0.6) is 5.75 Å². The Morgan fingerprint density at radius 1 is 0.962 bits per heavy atom. The number of anilines is 2. The molecule has 0 spiro atoms. The van der Waals surface area contributed by atoms with Gasteiger partial charge in [0.15, 0.2) is 6.10 Å². The topological polar surface area (TPSA) is 170 Å². The minimum Gasteiger partial charge on any atom is -0.480 e. The van der Waals surface area contributed by atoms with E-state index in [0.29, 0.717) is 49.8 Å². The lowest BCUT2D eigenvalue weighted by Gasteiger charge is -2.27. The highest BCUT2D eigenvalue weighted by atomic mass is 35.5. The largest absolute Gasteiger partial charge is 0.480 e. The van der Waals surface area contributed by atoms with Gasteiger partial charge in [-0.1, -0.05) is 43.6 Å². The second kappa shape index (κ2) is 16.1. The molecule has 2 atom stereocenters. The molecule has 3 heterocycles. The van der Waals surface area contributed by atoms with E-state index in [9.17, 15) is 24.0 Å². The number of unbranched alkanes of at least 4 members (excludes halogenated alkanes) is 1. The van der Waals surface area contributed by atoms with E-state index in [-0.39, 0.29) is 34.9 Å². The van der Waals surface area contributed by atoms with Gasteiger partial charge in [0.05, 0.1) is 28.3 Å². The SMILES string of the molecule is CC1(C)CN(Cc2ccc(NCCCCOCCNc3cccc4c3C(=O)N(C3CCC(=O)NC3=O)C4=O)cc2)C(=O)C1Oc1ccc(C#N)c(Cl)c1. The van der Waals surface area contributed by atoms with Crippen LogP contribution >= 0.6 is 11.6 Å². The Morgan fingerprint density at radius 3 is 2.49 bits per heavy atom. The molecule has 3 aliphatic rings. The number of ether oxygens (including phenoxy) is 2. The molecule has 3 N–H and O–H groups in total. The van der Waals surface area contributed by atoms with Gasteiger partial charge in [-0.25, -0.2) is 0 Å². The molecule has 3 aromatic rings. The van der Waals surface area contributed by atoms with Gasteiger partial charge in [-0.15, -0.1) is 0 Å². The zero-order valence-electron chi connectivity index (χ0n) is 29.6. The van der Waals surface area contributed by atoms with Gasteiger partial charge in [0.2, 0.25) is 11.8 Å². The summed E-state index contributed by atoms with van der Waals surface area (Å²) in [5.41, 5.74) is 2.85. The number of nitrogens with one attached hydrogen (secondary N) is 3. The number of hydrogen-bond donors (Lipinski definition) is 3. The van der Waals surface area contributed by atoms with Gasteiger partial charge in [-0.3, -0.25) is 34.2 Å². The second-order valence-electron chi connectivity index (χ2n) is 14.0. The molecule has 0 radical (unpaired) electrons. The maximum Gasteiger partial charge on any atom is 0.264 e. The molecule has 0 aromatic heterocycles. The molecule has 0 bridgehead atoms. The third-order valence-corrected chi connectivity index (χ3v) is 9.87. The molecule has 2 unspecified atom stereocenters. The Kier molecular flexibility index (Phi) is 11.3. The molecule has 6 rings (SSSR count). The zero-order chi connectivity index (χ0) is 37.7. The molecular weight excluding hydrogens is 700 g/mol. The summed E-state index contributed by atoms with van der Waals surface area (Å²) in [6.45, 7) is 7.13. The molecule has 276 valence electrons. The van der Waals surface area contributed by atoms with Gasteiger partial charge >= 0.3 is 0 Å². The fourth-order valence-electron chi connectivity index (χ4n) is 6.82. The van der Waals surface area contributed by atoms with E-state index in [1.54, 1.807) is 41.3 Å². The highest BCUT2D eigenvalue weighted by Gasteiger charge is 2.48. The average Bonchev–Trinajstić information content (AvgIpc) is 3.51. The monoisotopic (exact) mass is 740 g/mol. The van der Waals surface area contributed by atoms with Crippen molar-refractivity contribution in [1.82, 2.24) is 15.1 Å². The van der Waals surface area contributed by atoms with Crippen LogP contribution in [-0.4, -0.2) is 84.3 Å². The van der Waals surface area contributed by atoms with Crippen molar-refractivity contribution >= 4 is 52.5 Å². The third kappa shape index (κ3) is 8.29. The van der Waals surface area contributed by atoms with Crippen LogP contribution in [0.2, 0.25) is 5.02 Å². The lowest BCUT2D eigenvalue weighted by atomic mass is 9.89. The van der Waals surface area contributed by atoms with Crippen LogP contribution in [0.3, 0.4) is 0 Å². The minimum atomic E-state index is -1.01. The highest BCUT2D eigenvalue weighted by molar-refractivity contribution is 6.31. The predicted octanol–water partition coefficient (Wildman–Crippen LogP) is 4.75. The fraction of sp³-hybridized carbons (Fsp3) is 0.385. The Hall–Kier alpha value is -5.45. The summed E-state index contributed by atoms with van der Waals surface area (Å²) in [7, 11) is 0. The van der Waals surface area contributed by atoms with E-state index in [4.69, 9.17) is 26.3 Å². The van der Waals surface area contributed by atoms with Crippen molar-refractivity contribution in [3.05, 3.63) is 87.9 Å². The Morgan fingerprint density at radius 2 is 1.75 bits per heavy atom. The number of nitriles is 1. The number of carbonyl (C=O) groups excluding carboxylic acids is 5. The quantitative estimate of drug-likeness (QED) is 0.146. The number of amides is 5. The van der Waals surface area contributed by atoms with E-state index < -0.39 is 41.2 Å². The number of halogens is 1. The second-order valence-corrected chi connectivity index (χ2v) is 14.4. The molecule has 2 saturated heterocycles. The zero-order valence-corrected chi connectivity index (χ0v) is 30.3. The van der Waals surface area contributed by atoms with Crippen LogP contribution < -0.4 is 20.7 Å². The van der Waals surface area contributed by atoms with Crippen LogP contribution in [0, 0.1) is 16.7 Å². The first kappa shape index (κ1) is 37.3. The molecule has 5 amide bonds. The van der Waals surface area contributed by atoms with E-state index in [2.05, 4.69) is 16.0 Å². The molecular formula is C39H41ClN6O7. The van der Waals surface area contributed by atoms with Gasteiger partial charge in [-0.2, -0.15) is 5.26 Å². The number of piperidine rings is 1. The Bertz CT molecular complexity index is 1960. The molecule has 3 aliphatic heterocycles. The van der Waals surface area contributed by atoms with E-state index in [1.807, 2.05) is 44.2 Å². The number of rotatable bonds is 15. The molecule has 53 heavy (non-hydrogen) atoms. The van der Waals surface area contributed by atoms with E-state index >= 15 is 0 Å². The number of benzene rings is 3. The van der Waals surface area contributed by atoms with Crippen LogP contribution in [0.25, 0.3) is 0 Å². The summed E-state index contributed by atoms with van der Waals surface area (Å²) in [4.78, 5) is 66.3. The molecule has 13 nitrogen and oxygen atoms in total. The van der Waals surface area contributed by atoms with Gasteiger partial charge in [0.25, 0.3) is 17.7 Å². The average molecular weight is 741 g/mol. The minimum absolute atomic E-state index is 0.0661. The molecule has 0 aliphatic carbocycles. The van der Waals surface area contributed by atoms with Gasteiger partial charge in [0, 0.05) is 62.1 Å². The van der Waals surface area contributed by atoms with Crippen molar-refractivity contribution in [3.63, 3.8) is 0 Å². The van der Waals surface area contributed by atoms with E-state index in [1.165, 1.54) is 0 Å². The summed E-state index contributed by atoms with van der Waals surface area (Å²) in [5, 5.41) is 18.2. The number of imide groups is 2. The molecule has 0 saturated carbocycles. The maximum atomic E-state index is 13.3. The Balaban J connectivity index is 0.880. The number of likely N-dealkylation sites (tertiary alicyclic amines) is 1. The van der Waals surface area contributed by atoms with Crippen molar-refractivity contribution in [1.29, 1.82) is 5.26 Å². The summed E-state index contributed by atoms with van der Waals surface area (Å²) in [6.07, 6.45) is 1.22. The van der Waals surface area contributed by atoms with Crippen molar-refractivity contribution < 1.29 is 33.4 Å². The van der Waals surface area contributed by atoms with Crippen LogP contribution in [-0.2, 0) is 25.7 Å². The summed E-state index contributed by atoms with van der Waals surface area (Å²) >= 11 is 6.16. The van der Waals surface area contributed by atoms with Gasteiger partial charge < -0.3 is 25.0 Å². The predicted molar refractivity (Wildman–Crippen MR) is 196 cm³/mol. The normalized spacial score (nSPS) is 19.2. The lowest BCUT2D eigenvalue weighted by Crippen LogP contribution is -2.54. The van der Waals surface area contributed by atoms with Crippen LogP contribution in [0.15, 0.2) is 60.7 Å². The third-order valence-electron chi connectivity index (χ3n) is 9.56. The highest BCUT2D eigenvalue weighted by Crippen LogP contribution is 2.36. The molecule has 14 heteroatoms. The number of fused-ring (bicyclic) bond motifs is 1. The Labute approximate surface area is 312 Å².